The van der Waals surface area contributed by atoms with E-state index in [9.17, 15) is 9.18 Å². The van der Waals surface area contributed by atoms with Gasteiger partial charge in [0.1, 0.15) is 18.6 Å². The number of carbonyl (C=O) groups excluding carboxylic acids is 1. The monoisotopic (exact) mass is 411 g/mol. The van der Waals surface area contributed by atoms with E-state index in [-0.39, 0.29) is 18.6 Å². The number of rotatable bonds is 4. The second-order valence-electron chi connectivity index (χ2n) is 7.38. The van der Waals surface area contributed by atoms with Crippen LogP contribution < -0.4 is 15.5 Å². The minimum atomic E-state index is -0.910. The summed E-state index contributed by atoms with van der Waals surface area (Å²) >= 11 is 0. The van der Waals surface area contributed by atoms with E-state index in [4.69, 9.17) is 4.74 Å². The highest BCUT2D eigenvalue weighted by atomic mass is 19.1. The van der Waals surface area contributed by atoms with E-state index in [1.807, 2.05) is 22.6 Å². The molecular weight excluding hydrogens is 389 g/mol. The molecule has 30 heavy (non-hydrogen) atoms. The van der Waals surface area contributed by atoms with E-state index in [1.54, 1.807) is 23.5 Å². The highest BCUT2D eigenvalue weighted by Crippen LogP contribution is 2.23. The van der Waals surface area contributed by atoms with Crippen molar-refractivity contribution < 1.29 is 13.9 Å². The van der Waals surface area contributed by atoms with Crippen LogP contribution in [0.2, 0.25) is 0 Å². The fourth-order valence-corrected chi connectivity index (χ4v) is 3.78. The lowest BCUT2D eigenvalue weighted by Crippen LogP contribution is -2.46. The van der Waals surface area contributed by atoms with Crippen molar-refractivity contribution in [3.05, 3.63) is 36.8 Å². The molecule has 0 unspecified atom stereocenters. The molecule has 2 aliphatic heterocycles. The molecular formula is C20H22FN7O2. The van der Waals surface area contributed by atoms with E-state index >= 15 is 0 Å². The first-order valence-corrected chi connectivity index (χ1v) is 9.99. The number of anilines is 2. The van der Waals surface area contributed by atoms with E-state index < -0.39 is 6.17 Å². The van der Waals surface area contributed by atoms with Crippen molar-refractivity contribution in [2.24, 2.45) is 0 Å². The van der Waals surface area contributed by atoms with Gasteiger partial charge in [-0.15, -0.1) is 0 Å². The SMILES string of the molecule is O=C1COCCN1c1cn2c(-c3cccc(N[C@H]4CNCC[C@@H]4F)n3)cnc2cn1. The zero-order chi connectivity index (χ0) is 20.5. The molecule has 1 amide bonds. The molecule has 5 heterocycles. The fourth-order valence-electron chi connectivity index (χ4n) is 3.78. The van der Waals surface area contributed by atoms with E-state index in [0.717, 1.165) is 5.69 Å². The number of nitrogens with zero attached hydrogens (tertiary/aromatic N) is 5. The first-order valence-electron chi connectivity index (χ1n) is 9.99. The number of pyridine rings is 1. The van der Waals surface area contributed by atoms with Crippen molar-refractivity contribution in [3.63, 3.8) is 0 Å². The van der Waals surface area contributed by atoms with Gasteiger partial charge in [-0.2, -0.15) is 0 Å². The first kappa shape index (κ1) is 18.9. The Bertz CT molecular complexity index is 1070. The molecule has 2 saturated heterocycles. The molecule has 2 aliphatic rings. The van der Waals surface area contributed by atoms with Gasteiger partial charge in [0.05, 0.1) is 49.2 Å². The minimum absolute atomic E-state index is 0.0529. The number of nitrogens with one attached hydrogen (secondary N) is 2. The first-order chi connectivity index (χ1) is 14.7. The van der Waals surface area contributed by atoms with Crippen LogP contribution in [-0.2, 0) is 9.53 Å². The number of halogens is 1. The molecule has 3 aromatic rings. The van der Waals surface area contributed by atoms with Crippen LogP contribution in [0.1, 0.15) is 6.42 Å². The van der Waals surface area contributed by atoms with Gasteiger partial charge in [0.15, 0.2) is 11.5 Å². The summed E-state index contributed by atoms with van der Waals surface area (Å²) in [7, 11) is 0. The standard InChI is InChI=1S/C20H22FN7O2/c21-13-4-5-22-8-15(13)26-17-3-1-2-14(25-17)16-9-23-18-10-24-19(11-28(16)18)27-6-7-30-12-20(27)29/h1-3,9-11,13,15,22H,4-8,12H2,(H,25,26)/t13-,15-/m0/s1. The lowest BCUT2D eigenvalue weighted by molar-refractivity contribution is -0.125. The number of fused-ring (bicyclic) bond motifs is 1. The van der Waals surface area contributed by atoms with Crippen molar-refractivity contribution in [3.8, 4) is 11.4 Å². The van der Waals surface area contributed by atoms with E-state index in [1.165, 1.54) is 0 Å². The van der Waals surface area contributed by atoms with Crippen molar-refractivity contribution in [1.29, 1.82) is 0 Å². The maximum atomic E-state index is 14.2. The molecule has 5 rings (SSSR count). The molecule has 9 nitrogen and oxygen atoms in total. The Hall–Kier alpha value is -3.11. The second-order valence-corrected chi connectivity index (χ2v) is 7.38. The summed E-state index contributed by atoms with van der Waals surface area (Å²) in [5.74, 6) is 1.02. The average Bonchev–Trinajstić information content (AvgIpc) is 3.19. The van der Waals surface area contributed by atoms with Crippen molar-refractivity contribution in [1.82, 2.24) is 24.7 Å². The van der Waals surface area contributed by atoms with Crippen molar-refractivity contribution in [2.75, 3.05) is 43.1 Å². The zero-order valence-corrected chi connectivity index (χ0v) is 16.3. The van der Waals surface area contributed by atoms with Gasteiger partial charge in [-0.3, -0.25) is 14.1 Å². The molecule has 0 spiro atoms. The third-order valence-corrected chi connectivity index (χ3v) is 5.39. The van der Waals surface area contributed by atoms with Crippen LogP contribution >= 0.6 is 0 Å². The van der Waals surface area contributed by atoms with Gasteiger partial charge < -0.3 is 15.4 Å². The van der Waals surface area contributed by atoms with Crippen LogP contribution in [-0.4, -0.2) is 70.3 Å². The Labute approximate surface area is 172 Å². The highest BCUT2D eigenvalue weighted by molar-refractivity contribution is 5.93. The Balaban J connectivity index is 1.45. The summed E-state index contributed by atoms with van der Waals surface area (Å²) in [6, 6.07) is 5.27. The number of amides is 1. The third kappa shape index (κ3) is 3.59. The number of piperidine rings is 1. The van der Waals surface area contributed by atoms with Gasteiger partial charge in [-0.05, 0) is 25.1 Å². The van der Waals surface area contributed by atoms with E-state index in [0.29, 0.717) is 55.6 Å². The number of ether oxygens (including phenoxy) is 1. The molecule has 0 aliphatic carbocycles. The Kier molecular flexibility index (Phi) is 5.01. The zero-order valence-electron chi connectivity index (χ0n) is 16.3. The molecule has 0 bridgehead atoms. The summed E-state index contributed by atoms with van der Waals surface area (Å²) in [6.07, 6.45) is 4.71. The maximum absolute atomic E-state index is 14.2. The fraction of sp³-hybridized carbons (Fsp3) is 0.400. The number of imidazole rings is 1. The summed E-state index contributed by atoms with van der Waals surface area (Å²) in [4.78, 5) is 27.2. The van der Waals surface area contributed by atoms with Crippen LogP contribution in [0.5, 0.6) is 0 Å². The van der Waals surface area contributed by atoms with E-state index in [2.05, 4.69) is 25.6 Å². The Morgan fingerprint density at radius 3 is 3.07 bits per heavy atom. The van der Waals surface area contributed by atoms with Crippen LogP contribution in [0.3, 0.4) is 0 Å². The quantitative estimate of drug-likeness (QED) is 0.667. The summed E-state index contributed by atoms with van der Waals surface area (Å²) in [5.41, 5.74) is 2.10. The average molecular weight is 411 g/mol. The predicted octanol–water partition coefficient (Wildman–Crippen LogP) is 1.27. The third-order valence-electron chi connectivity index (χ3n) is 5.39. The van der Waals surface area contributed by atoms with Gasteiger partial charge in [-0.25, -0.2) is 19.3 Å². The molecule has 2 N–H and O–H groups in total. The minimum Gasteiger partial charge on any atom is -0.370 e. The number of carbonyl (C=O) groups is 1. The smallest absolute Gasteiger partial charge is 0.254 e. The number of morpholine rings is 1. The molecule has 156 valence electrons. The van der Waals surface area contributed by atoms with Gasteiger partial charge >= 0.3 is 0 Å². The summed E-state index contributed by atoms with van der Waals surface area (Å²) < 4.78 is 21.2. The lowest BCUT2D eigenvalue weighted by Gasteiger charge is -2.28. The van der Waals surface area contributed by atoms with Crippen molar-refractivity contribution >= 4 is 23.2 Å². The Morgan fingerprint density at radius 1 is 1.27 bits per heavy atom. The lowest BCUT2D eigenvalue weighted by atomic mass is 10.1. The normalized spacial score (nSPS) is 22.4. The maximum Gasteiger partial charge on any atom is 0.254 e. The molecule has 0 aromatic carbocycles. The number of aromatic nitrogens is 4. The molecule has 0 radical (unpaired) electrons. The van der Waals surface area contributed by atoms with Gasteiger partial charge in [0, 0.05) is 6.54 Å². The van der Waals surface area contributed by atoms with Crippen LogP contribution in [0.25, 0.3) is 17.0 Å². The van der Waals surface area contributed by atoms with Gasteiger partial charge in [-0.1, -0.05) is 6.07 Å². The summed E-state index contributed by atoms with van der Waals surface area (Å²) in [6.45, 7) is 2.24. The molecule has 2 fully saturated rings. The number of hydrogen-bond donors (Lipinski definition) is 2. The molecule has 3 aromatic heterocycles. The second kappa shape index (κ2) is 7.96. The highest BCUT2D eigenvalue weighted by Gasteiger charge is 2.25. The van der Waals surface area contributed by atoms with Crippen LogP contribution in [0.4, 0.5) is 16.0 Å². The largest absolute Gasteiger partial charge is 0.370 e. The van der Waals surface area contributed by atoms with Gasteiger partial charge in [0.2, 0.25) is 0 Å². The molecule has 0 saturated carbocycles. The van der Waals surface area contributed by atoms with Crippen molar-refractivity contribution in [2.45, 2.75) is 18.6 Å². The predicted molar refractivity (Wildman–Crippen MR) is 109 cm³/mol. The van der Waals surface area contributed by atoms with Gasteiger partial charge in [0.25, 0.3) is 5.91 Å². The molecule has 10 heteroatoms. The number of hydrogen-bond acceptors (Lipinski definition) is 7. The van der Waals surface area contributed by atoms with Crippen LogP contribution in [0, 0.1) is 0 Å². The topological polar surface area (TPSA) is 96.7 Å². The number of alkyl halides is 1. The molecule has 2 atom stereocenters. The Morgan fingerprint density at radius 2 is 2.20 bits per heavy atom. The summed E-state index contributed by atoms with van der Waals surface area (Å²) in [5, 5.41) is 6.39. The van der Waals surface area contributed by atoms with Crippen LogP contribution in [0.15, 0.2) is 36.8 Å².